The smallest absolute Gasteiger partial charge is 0.241 e. The molecule has 0 bridgehead atoms. The van der Waals surface area contributed by atoms with Gasteiger partial charge in [-0.25, -0.2) is 13.1 Å². The minimum absolute atomic E-state index is 0.217. The Labute approximate surface area is 126 Å². The largest absolute Gasteiger partial charge is 0.325 e. The van der Waals surface area contributed by atoms with Gasteiger partial charge in [0.25, 0.3) is 0 Å². The summed E-state index contributed by atoms with van der Waals surface area (Å²) in [6.45, 7) is 5.92. The summed E-state index contributed by atoms with van der Waals surface area (Å²) in [5, 5.41) is 2.75. The fourth-order valence-electron chi connectivity index (χ4n) is 1.53. The van der Waals surface area contributed by atoms with Crippen LogP contribution in [0.5, 0.6) is 0 Å². The lowest BCUT2D eigenvalue weighted by Crippen LogP contribution is -2.45. The zero-order valence-electron chi connectivity index (χ0n) is 12.8. The maximum absolute atomic E-state index is 12.0. The molecule has 0 saturated carbocycles. The first-order valence-electron chi connectivity index (χ1n) is 6.59. The van der Waals surface area contributed by atoms with Gasteiger partial charge in [0.15, 0.2) is 0 Å². The molecule has 1 amide bonds. The van der Waals surface area contributed by atoms with Crippen LogP contribution < -0.4 is 15.8 Å². The molecule has 4 N–H and O–H groups in total. The molecule has 0 aliphatic carbocycles. The summed E-state index contributed by atoms with van der Waals surface area (Å²) in [5.74, 6) is -0.246. The molecule has 1 aromatic rings. The van der Waals surface area contributed by atoms with E-state index < -0.39 is 16.1 Å². The molecule has 0 radical (unpaired) electrons. The van der Waals surface area contributed by atoms with Gasteiger partial charge in [-0.1, -0.05) is 32.9 Å². The van der Waals surface area contributed by atoms with E-state index >= 15 is 0 Å². The van der Waals surface area contributed by atoms with Crippen LogP contribution in [0.1, 0.15) is 26.3 Å². The van der Waals surface area contributed by atoms with E-state index in [4.69, 9.17) is 5.73 Å². The summed E-state index contributed by atoms with van der Waals surface area (Å²) < 4.78 is 24.4. The minimum atomic E-state index is -3.22. The second-order valence-electron chi connectivity index (χ2n) is 6.12. The van der Waals surface area contributed by atoms with Gasteiger partial charge in [0.05, 0.1) is 12.3 Å². The van der Waals surface area contributed by atoms with Gasteiger partial charge in [-0.15, -0.1) is 0 Å². The Morgan fingerprint density at radius 3 is 2.19 bits per heavy atom. The van der Waals surface area contributed by atoms with Crippen molar-refractivity contribution in [1.29, 1.82) is 0 Å². The standard InChI is InChI=1S/C14H23N3O3S/c1-14(2,3)12(15)13(18)17-11-7-5-10(6-8-11)9-16-21(4,19)20/h5-8,12,16H,9,15H2,1-4H3,(H,17,18)/t12-/m1/s1. The van der Waals surface area contributed by atoms with Crippen LogP contribution in [0.2, 0.25) is 0 Å². The number of carbonyl (C=O) groups is 1. The molecule has 21 heavy (non-hydrogen) atoms. The third-order valence-corrected chi connectivity index (χ3v) is 3.64. The van der Waals surface area contributed by atoms with Gasteiger partial charge in [-0.2, -0.15) is 0 Å². The van der Waals surface area contributed by atoms with Crippen molar-refractivity contribution >= 4 is 21.6 Å². The second kappa shape index (κ2) is 6.55. The number of hydrogen-bond acceptors (Lipinski definition) is 4. The van der Waals surface area contributed by atoms with Gasteiger partial charge in [0.2, 0.25) is 15.9 Å². The van der Waals surface area contributed by atoms with E-state index in [1.165, 1.54) is 0 Å². The molecule has 118 valence electrons. The molecule has 0 spiro atoms. The molecule has 0 aliphatic rings. The molecule has 7 heteroatoms. The summed E-state index contributed by atoms with van der Waals surface area (Å²) >= 11 is 0. The summed E-state index contributed by atoms with van der Waals surface area (Å²) in [6.07, 6.45) is 1.11. The van der Waals surface area contributed by atoms with Gasteiger partial charge in [0, 0.05) is 12.2 Å². The highest BCUT2D eigenvalue weighted by molar-refractivity contribution is 7.88. The first-order valence-corrected chi connectivity index (χ1v) is 8.48. The number of nitrogens with one attached hydrogen (secondary N) is 2. The van der Waals surface area contributed by atoms with Crippen molar-refractivity contribution < 1.29 is 13.2 Å². The quantitative estimate of drug-likeness (QED) is 0.756. The Kier molecular flexibility index (Phi) is 5.49. The summed E-state index contributed by atoms with van der Waals surface area (Å²) in [5.41, 5.74) is 6.99. The number of rotatable bonds is 5. The lowest BCUT2D eigenvalue weighted by Gasteiger charge is -2.25. The van der Waals surface area contributed by atoms with Crippen molar-refractivity contribution in [2.45, 2.75) is 33.4 Å². The highest BCUT2D eigenvalue weighted by Gasteiger charge is 2.27. The predicted molar refractivity (Wildman–Crippen MR) is 84.2 cm³/mol. The molecule has 0 heterocycles. The molecular weight excluding hydrogens is 290 g/mol. The van der Waals surface area contributed by atoms with E-state index in [1.807, 2.05) is 20.8 Å². The van der Waals surface area contributed by atoms with Crippen LogP contribution in [0, 0.1) is 5.41 Å². The number of anilines is 1. The Bertz CT molecular complexity index is 589. The van der Waals surface area contributed by atoms with Crippen LogP contribution in [0.3, 0.4) is 0 Å². The summed E-state index contributed by atoms with van der Waals surface area (Å²) in [4.78, 5) is 12.0. The van der Waals surface area contributed by atoms with Gasteiger partial charge in [-0.3, -0.25) is 4.79 Å². The van der Waals surface area contributed by atoms with Crippen LogP contribution in [0.25, 0.3) is 0 Å². The van der Waals surface area contributed by atoms with Crippen molar-refractivity contribution in [3.8, 4) is 0 Å². The maximum Gasteiger partial charge on any atom is 0.241 e. The zero-order valence-corrected chi connectivity index (χ0v) is 13.6. The molecule has 0 unspecified atom stereocenters. The molecule has 0 aliphatic heterocycles. The molecule has 0 aromatic heterocycles. The molecule has 1 rings (SSSR count). The van der Waals surface area contributed by atoms with E-state index in [0.29, 0.717) is 5.69 Å². The maximum atomic E-state index is 12.0. The molecular formula is C14H23N3O3S. The lowest BCUT2D eigenvalue weighted by atomic mass is 9.87. The molecule has 1 aromatic carbocycles. The van der Waals surface area contributed by atoms with Crippen LogP contribution in [0.15, 0.2) is 24.3 Å². The van der Waals surface area contributed by atoms with E-state index in [0.717, 1.165) is 11.8 Å². The van der Waals surface area contributed by atoms with Crippen LogP contribution in [-0.4, -0.2) is 26.6 Å². The van der Waals surface area contributed by atoms with Crippen LogP contribution in [-0.2, 0) is 21.4 Å². The van der Waals surface area contributed by atoms with Crippen molar-refractivity contribution in [1.82, 2.24) is 4.72 Å². The van der Waals surface area contributed by atoms with Crippen LogP contribution >= 0.6 is 0 Å². The van der Waals surface area contributed by atoms with Gasteiger partial charge in [-0.05, 0) is 23.1 Å². The average molecular weight is 313 g/mol. The monoisotopic (exact) mass is 313 g/mol. The summed E-state index contributed by atoms with van der Waals surface area (Å²) in [6, 6.07) is 6.32. The fraction of sp³-hybridized carbons (Fsp3) is 0.500. The second-order valence-corrected chi connectivity index (χ2v) is 7.96. The molecule has 0 saturated heterocycles. The zero-order chi connectivity index (χ0) is 16.3. The van der Waals surface area contributed by atoms with Gasteiger partial charge >= 0.3 is 0 Å². The third kappa shape index (κ3) is 6.24. The van der Waals surface area contributed by atoms with E-state index in [1.54, 1.807) is 24.3 Å². The first kappa shape index (κ1) is 17.6. The predicted octanol–water partition coefficient (Wildman–Crippen LogP) is 1.05. The number of nitrogens with two attached hydrogens (primary N) is 1. The Morgan fingerprint density at radius 1 is 1.24 bits per heavy atom. The number of hydrogen-bond donors (Lipinski definition) is 3. The lowest BCUT2D eigenvalue weighted by molar-refractivity contribution is -0.119. The number of amides is 1. The highest BCUT2D eigenvalue weighted by atomic mass is 32.2. The fourth-order valence-corrected chi connectivity index (χ4v) is 1.96. The number of carbonyl (C=O) groups excluding carboxylic acids is 1. The topological polar surface area (TPSA) is 101 Å². The number of sulfonamides is 1. The third-order valence-electron chi connectivity index (χ3n) is 2.98. The van der Waals surface area contributed by atoms with E-state index in [9.17, 15) is 13.2 Å². The summed E-state index contributed by atoms with van der Waals surface area (Å²) in [7, 11) is -3.22. The molecule has 6 nitrogen and oxygen atoms in total. The van der Waals surface area contributed by atoms with Gasteiger partial charge in [0.1, 0.15) is 0 Å². The first-order chi connectivity index (χ1) is 9.49. The normalized spacial score (nSPS) is 13.8. The highest BCUT2D eigenvalue weighted by Crippen LogP contribution is 2.19. The van der Waals surface area contributed by atoms with Crippen molar-refractivity contribution in [2.24, 2.45) is 11.1 Å². The molecule has 1 atom stereocenters. The Balaban J connectivity index is 2.65. The Morgan fingerprint density at radius 2 is 1.76 bits per heavy atom. The SMILES string of the molecule is CC(C)(C)[C@H](N)C(=O)Nc1ccc(CNS(C)(=O)=O)cc1. The number of benzene rings is 1. The molecule has 0 fully saturated rings. The van der Waals surface area contributed by atoms with Crippen molar-refractivity contribution in [3.63, 3.8) is 0 Å². The average Bonchev–Trinajstić information content (AvgIpc) is 2.35. The minimum Gasteiger partial charge on any atom is -0.325 e. The van der Waals surface area contributed by atoms with Gasteiger partial charge < -0.3 is 11.1 Å². The Hall–Kier alpha value is -1.44. The van der Waals surface area contributed by atoms with E-state index in [-0.39, 0.29) is 17.9 Å². The van der Waals surface area contributed by atoms with E-state index in [2.05, 4.69) is 10.0 Å². The van der Waals surface area contributed by atoms with Crippen molar-refractivity contribution in [2.75, 3.05) is 11.6 Å². The van der Waals surface area contributed by atoms with Crippen molar-refractivity contribution in [3.05, 3.63) is 29.8 Å². The van der Waals surface area contributed by atoms with Crippen LogP contribution in [0.4, 0.5) is 5.69 Å².